The van der Waals surface area contributed by atoms with Crippen LogP contribution in [-0.4, -0.2) is 60.4 Å². The number of hydrogen-bond donors (Lipinski definition) is 1. The molecule has 1 aliphatic heterocycles. The molecule has 0 aliphatic carbocycles. The standard InChI is InChI=1S/C14H27N3O2/c1-4-16(5-2)14(19)12(3)15-9-8-13(18)17-10-6-7-11-17/h12,15H,4-11H2,1-3H3. The normalized spacial score (nSPS) is 16.5. The molecule has 0 spiro atoms. The minimum Gasteiger partial charge on any atom is -0.343 e. The Morgan fingerprint density at radius 1 is 1.21 bits per heavy atom. The van der Waals surface area contributed by atoms with E-state index in [-0.39, 0.29) is 17.9 Å². The highest BCUT2D eigenvalue weighted by atomic mass is 16.2. The van der Waals surface area contributed by atoms with Crippen molar-refractivity contribution in [2.75, 3.05) is 32.7 Å². The van der Waals surface area contributed by atoms with Crippen LogP contribution in [0.3, 0.4) is 0 Å². The van der Waals surface area contributed by atoms with Gasteiger partial charge in [-0.1, -0.05) is 0 Å². The molecule has 0 aromatic rings. The molecule has 0 aromatic carbocycles. The monoisotopic (exact) mass is 269 g/mol. The van der Waals surface area contributed by atoms with Gasteiger partial charge in [-0.3, -0.25) is 9.59 Å². The molecule has 1 saturated heterocycles. The van der Waals surface area contributed by atoms with Crippen LogP contribution in [0.1, 0.15) is 40.0 Å². The summed E-state index contributed by atoms with van der Waals surface area (Å²) >= 11 is 0. The summed E-state index contributed by atoms with van der Waals surface area (Å²) in [7, 11) is 0. The zero-order valence-electron chi connectivity index (χ0n) is 12.4. The van der Waals surface area contributed by atoms with Crippen LogP contribution in [0, 0.1) is 0 Å². The quantitative estimate of drug-likeness (QED) is 0.745. The van der Waals surface area contributed by atoms with Crippen molar-refractivity contribution < 1.29 is 9.59 Å². The number of likely N-dealkylation sites (N-methyl/N-ethyl adjacent to an activating group) is 1. The topological polar surface area (TPSA) is 52.7 Å². The van der Waals surface area contributed by atoms with Crippen molar-refractivity contribution in [2.24, 2.45) is 0 Å². The van der Waals surface area contributed by atoms with E-state index in [9.17, 15) is 9.59 Å². The molecular weight excluding hydrogens is 242 g/mol. The van der Waals surface area contributed by atoms with E-state index in [4.69, 9.17) is 0 Å². The van der Waals surface area contributed by atoms with Gasteiger partial charge in [-0.05, 0) is 33.6 Å². The summed E-state index contributed by atoms with van der Waals surface area (Å²) < 4.78 is 0. The van der Waals surface area contributed by atoms with E-state index >= 15 is 0 Å². The molecule has 0 bridgehead atoms. The Morgan fingerprint density at radius 3 is 2.32 bits per heavy atom. The highest BCUT2D eigenvalue weighted by molar-refractivity contribution is 5.81. The van der Waals surface area contributed by atoms with E-state index in [1.54, 1.807) is 4.90 Å². The van der Waals surface area contributed by atoms with Crippen molar-refractivity contribution >= 4 is 11.8 Å². The van der Waals surface area contributed by atoms with Crippen molar-refractivity contribution in [3.63, 3.8) is 0 Å². The molecule has 1 aliphatic rings. The fourth-order valence-corrected chi connectivity index (χ4v) is 2.42. The summed E-state index contributed by atoms with van der Waals surface area (Å²) in [4.78, 5) is 27.6. The smallest absolute Gasteiger partial charge is 0.239 e. The number of carbonyl (C=O) groups excluding carboxylic acids is 2. The predicted octanol–water partition coefficient (Wildman–Crippen LogP) is 0.845. The average molecular weight is 269 g/mol. The summed E-state index contributed by atoms with van der Waals surface area (Å²) in [6.45, 7) is 9.64. The molecule has 1 fully saturated rings. The van der Waals surface area contributed by atoms with Gasteiger partial charge in [0.15, 0.2) is 0 Å². The van der Waals surface area contributed by atoms with Gasteiger partial charge in [0.1, 0.15) is 0 Å². The molecule has 0 saturated carbocycles. The average Bonchev–Trinajstić information content (AvgIpc) is 2.93. The molecule has 1 heterocycles. The maximum absolute atomic E-state index is 12.0. The van der Waals surface area contributed by atoms with Crippen LogP contribution in [0.25, 0.3) is 0 Å². The van der Waals surface area contributed by atoms with Crippen molar-refractivity contribution in [3.05, 3.63) is 0 Å². The Bertz CT molecular complexity index is 297. The summed E-state index contributed by atoms with van der Waals surface area (Å²) in [6.07, 6.45) is 2.72. The molecule has 2 amide bonds. The Balaban J connectivity index is 2.24. The van der Waals surface area contributed by atoms with Crippen LogP contribution in [0.2, 0.25) is 0 Å². The molecule has 0 radical (unpaired) electrons. The van der Waals surface area contributed by atoms with Gasteiger partial charge in [0, 0.05) is 39.1 Å². The van der Waals surface area contributed by atoms with E-state index in [0.29, 0.717) is 13.0 Å². The molecule has 110 valence electrons. The van der Waals surface area contributed by atoms with Crippen molar-refractivity contribution in [3.8, 4) is 0 Å². The van der Waals surface area contributed by atoms with Crippen LogP contribution >= 0.6 is 0 Å². The number of hydrogen-bond acceptors (Lipinski definition) is 3. The maximum atomic E-state index is 12.0. The van der Waals surface area contributed by atoms with Gasteiger partial charge in [0.2, 0.25) is 11.8 Å². The number of carbonyl (C=O) groups is 2. The Hall–Kier alpha value is -1.10. The fraction of sp³-hybridized carbons (Fsp3) is 0.857. The predicted molar refractivity (Wildman–Crippen MR) is 75.8 cm³/mol. The molecule has 5 nitrogen and oxygen atoms in total. The molecule has 1 unspecified atom stereocenters. The lowest BCUT2D eigenvalue weighted by molar-refractivity contribution is -0.133. The fourth-order valence-electron chi connectivity index (χ4n) is 2.42. The van der Waals surface area contributed by atoms with Crippen LogP contribution in [0.5, 0.6) is 0 Å². The second kappa shape index (κ2) is 8.15. The van der Waals surface area contributed by atoms with Crippen LogP contribution < -0.4 is 5.32 Å². The number of nitrogens with zero attached hydrogens (tertiary/aromatic N) is 2. The Kier molecular flexibility index (Phi) is 6.84. The Labute approximate surface area is 116 Å². The lowest BCUT2D eigenvalue weighted by atomic mass is 10.2. The largest absolute Gasteiger partial charge is 0.343 e. The summed E-state index contributed by atoms with van der Waals surface area (Å²) in [5.41, 5.74) is 0. The summed E-state index contributed by atoms with van der Waals surface area (Å²) in [5, 5.41) is 3.15. The first-order valence-electron chi connectivity index (χ1n) is 7.40. The second-order valence-electron chi connectivity index (χ2n) is 5.02. The maximum Gasteiger partial charge on any atom is 0.239 e. The SMILES string of the molecule is CCN(CC)C(=O)C(C)NCCC(=O)N1CCCC1. The zero-order chi connectivity index (χ0) is 14.3. The summed E-state index contributed by atoms with van der Waals surface area (Å²) in [6, 6.07) is -0.216. The van der Waals surface area contributed by atoms with Crippen molar-refractivity contribution in [1.82, 2.24) is 15.1 Å². The first-order valence-corrected chi connectivity index (χ1v) is 7.40. The highest BCUT2D eigenvalue weighted by Gasteiger charge is 2.20. The van der Waals surface area contributed by atoms with Crippen LogP contribution in [-0.2, 0) is 9.59 Å². The molecule has 19 heavy (non-hydrogen) atoms. The third kappa shape index (κ3) is 4.82. The van der Waals surface area contributed by atoms with E-state index in [1.807, 2.05) is 25.7 Å². The number of likely N-dealkylation sites (tertiary alicyclic amines) is 1. The van der Waals surface area contributed by atoms with Gasteiger partial charge in [-0.2, -0.15) is 0 Å². The molecule has 1 N–H and O–H groups in total. The molecule has 1 rings (SSSR count). The van der Waals surface area contributed by atoms with Crippen molar-refractivity contribution in [1.29, 1.82) is 0 Å². The number of amides is 2. The van der Waals surface area contributed by atoms with Gasteiger partial charge < -0.3 is 15.1 Å². The third-order valence-corrected chi connectivity index (χ3v) is 3.69. The van der Waals surface area contributed by atoms with Gasteiger partial charge in [-0.25, -0.2) is 0 Å². The molecule has 5 heteroatoms. The first-order chi connectivity index (χ1) is 9.10. The van der Waals surface area contributed by atoms with Crippen LogP contribution in [0.15, 0.2) is 0 Å². The number of rotatable bonds is 7. The van der Waals surface area contributed by atoms with Crippen molar-refractivity contribution in [2.45, 2.75) is 46.1 Å². The lowest BCUT2D eigenvalue weighted by Gasteiger charge is -2.23. The van der Waals surface area contributed by atoms with E-state index in [2.05, 4.69) is 5.32 Å². The molecule has 1 atom stereocenters. The zero-order valence-corrected chi connectivity index (χ0v) is 12.4. The highest BCUT2D eigenvalue weighted by Crippen LogP contribution is 2.08. The van der Waals surface area contributed by atoms with Gasteiger partial charge >= 0.3 is 0 Å². The van der Waals surface area contributed by atoms with Gasteiger partial charge in [0.05, 0.1) is 6.04 Å². The van der Waals surface area contributed by atoms with E-state index in [1.165, 1.54) is 0 Å². The minimum absolute atomic E-state index is 0.110. The molecule has 0 aromatic heterocycles. The minimum atomic E-state index is -0.216. The van der Waals surface area contributed by atoms with Gasteiger partial charge in [0.25, 0.3) is 0 Å². The summed E-state index contributed by atoms with van der Waals surface area (Å²) in [5.74, 6) is 0.311. The molecular formula is C14H27N3O2. The third-order valence-electron chi connectivity index (χ3n) is 3.69. The van der Waals surface area contributed by atoms with E-state index < -0.39 is 0 Å². The first kappa shape index (κ1) is 16.0. The van der Waals surface area contributed by atoms with Gasteiger partial charge in [-0.15, -0.1) is 0 Å². The number of nitrogens with one attached hydrogen (secondary N) is 1. The van der Waals surface area contributed by atoms with Crippen LogP contribution in [0.4, 0.5) is 0 Å². The second-order valence-corrected chi connectivity index (χ2v) is 5.02. The lowest BCUT2D eigenvalue weighted by Crippen LogP contribution is -2.45. The van der Waals surface area contributed by atoms with E-state index in [0.717, 1.165) is 39.0 Å². The Morgan fingerprint density at radius 2 is 1.79 bits per heavy atom.